The molecule has 1 aliphatic rings. The van der Waals surface area contributed by atoms with E-state index in [0.29, 0.717) is 12.3 Å². The smallest absolute Gasteiger partial charge is 0.134 e. The molecule has 1 aliphatic heterocycles. The van der Waals surface area contributed by atoms with Crippen molar-refractivity contribution in [2.45, 2.75) is 59.8 Å². The fraction of sp³-hybridized carbons (Fsp3) is 0.476. The first-order valence-electron chi connectivity index (χ1n) is 9.09. The van der Waals surface area contributed by atoms with Crippen molar-refractivity contribution in [3.05, 3.63) is 53.3 Å². The summed E-state index contributed by atoms with van der Waals surface area (Å²) in [5.74, 6) is 1.65. The van der Waals surface area contributed by atoms with E-state index in [1.54, 1.807) is 6.92 Å². The third kappa shape index (κ3) is 5.55. The molecule has 1 atom stereocenters. The number of hydrogen-bond donors (Lipinski definition) is 1. The van der Waals surface area contributed by atoms with Gasteiger partial charge in [0, 0.05) is 18.8 Å². The van der Waals surface area contributed by atoms with E-state index in [9.17, 15) is 4.79 Å². The van der Waals surface area contributed by atoms with E-state index < -0.39 is 0 Å². The molecule has 0 radical (unpaired) electrons. The van der Waals surface area contributed by atoms with E-state index in [-0.39, 0.29) is 5.78 Å². The molecule has 3 heteroatoms. The minimum absolute atomic E-state index is 0.198. The molecule has 2 aromatic rings. The summed E-state index contributed by atoms with van der Waals surface area (Å²) in [6.45, 7) is 10.4. The van der Waals surface area contributed by atoms with Gasteiger partial charge in [-0.05, 0) is 54.5 Å². The number of carbonyl (C=O) groups excluding carboxylic acids is 1. The monoisotopic (exact) mass is 329 g/mol. The predicted molar refractivity (Wildman–Crippen MR) is 101 cm³/mol. The van der Waals surface area contributed by atoms with Gasteiger partial charge >= 0.3 is 0 Å². The van der Waals surface area contributed by atoms with Gasteiger partial charge in [-0.15, -0.1) is 0 Å². The molecular weight excluding hydrogens is 298 g/mol. The summed E-state index contributed by atoms with van der Waals surface area (Å²) in [4.78, 5) is 14.4. The summed E-state index contributed by atoms with van der Waals surface area (Å²) in [5.41, 5.74) is 3.65. The van der Waals surface area contributed by atoms with E-state index >= 15 is 0 Å². The van der Waals surface area contributed by atoms with Gasteiger partial charge in [0.25, 0.3) is 0 Å². The van der Waals surface area contributed by atoms with Crippen molar-refractivity contribution in [3.8, 4) is 5.75 Å². The van der Waals surface area contributed by atoms with E-state index in [1.165, 1.54) is 11.1 Å². The van der Waals surface area contributed by atoms with Crippen LogP contribution in [-0.2, 0) is 17.6 Å². The van der Waals surface area contributed by atoms with E-state index in [1.807, 2.05) is 46.0 Å². The van der Waals surface area contributed by atoms with Gasteiger partial charge < -0.3 is 9.72 Å². The topological polar surface area (TPSA) is 42.1 Å². The van der Waals surface area contributed by atoms with Crippen molar-refractivity contribution in [2.75, 3.05) is 6.61 Å². The van der Waals surface area contributed by atoms with Crippen LogP contribution in [0, 0.1) is 0 Å². The zero-order valence-electron chi connectivity index (χ0n) is 15.7. The molecule has 1 unspecified atom stereocenters. The van der Waals surface area contributed by atoms with Crippen molar-refractivity contribution in [3.63, 3.8) is 0 Å². The highest BCUT2D eigenvalue weighted by molar-refractivity contribution is 5.78. The Bertz CT molecular complexity index is 602. The van der Waals surface area contributed by atoms with Gasteiger partial charge in [0.1, 0.15) is 11.5 Å². The summed E-state index contributed by atoms with van der Waals surface area (Å²) in [6.07, 6.45) is 6.56. The third-order valence-electron chi connectivity index (χ3n) is 3.84. The number of aromatic nitrogens is 1. The number of Topliss-reactive ketones (excluding diaryl/α,β-unsaturated/α-hetero) is 1. The largest absolute Gasteiger partial charge is 0.493 e. The Balaban J connectivity index is 0.000000671. The molecule has 1 aromatic carbocycles. The summed E-state index contributed by atoms with van der Waals surface area (Å²) in [5, 5.41) is 0. The molecule has 0 saturated heterocycles. The Morgan fingerprint density at radius 2 is 1.92 bits per heavy atom. The van der Waals surface area contributed by atoms with Crippen molar-refractivity contribution in [2.24, 2.45) is 0 Å². The number of fused-ring (bicyclic) bond motifs is 1. The van der Waals surface area contributed by atoms with Crippen LogP contribution in [0.25, 0.3) is 0 Å². The predicted octanol–water partition coefficient (Wildman–Crippen LogP) is 5.31. The number of nitrogens with one attached hydrogen (secondary N) is 1. The standard InChI is InChI=1S/C17H19NO2.2C2H6/c1-12(19)8-13-2-3-17-16(10-13)15(5-7-20-17)9-14-4-6-18-11-14;2*1-2/h2-4,6,10-11,15,18H,5,7-9H2,1H3;2*1-2H3. The van der Waals surface area contributed by atoms with Crippen LogP contribution in [-0.4, -0.2) is 17.4 Å². The van der Waals surface area contributed by atoms with Crippen molar-refractivity contribution < 1.29 is 9.53 Å². The molecule has 0 amide bonds. The third-order valence-corrected chi connectivity index (χ3v) is 3.84. The van der Waals surface area contributed by atoms with Gasteiger partial charge in [-0.2, -0.15) is 0 Å². The Morgan fingerprint density at radius 1 is 1.17 bits per heavy atom. The van der Waals surface area contributed by atoms with Crippen LogP contribution in [0.1, 0.15) is 63.6 Å². The summed E-state index contributed by atoms with van der Waals surface area (Å²) >= 11 is 0. The molecule has 132 valence electrons. The van der Waals surface area contributed by atoms with E-state index in [4.69, 9.17) is 4.74 Å². The summed E-state index contributed by atoms with van der Waals surface area (Å²) in [7, 11) is 0. The first-order valence-corrected chi connectivity index (χ1v) is 9.09. The summed E-state index contributed by atoms with van der Waals surface area (Å²) < 4.78 is 5.74. The van der Waals surface area contributed by atoms with E-state index in [2.05, 4.69) is 23.3 Å². The molecule has 3 rings (SSSR count). The van der Waals surface area contributed by atoms with Gasteiger partial charge in [0.05, 0.1) is 6.61 Å². The molecule has 3 nitrogen and oxygen atoms in total. The van der Waals surface area contributed by atoms with Crippen LogP contribution in [0.15, 0.2) is 36.7 Å². The number of ether oxygens (including phenoxy) is 1. The highest BCUT2D eigenvalue weighted by atomic mass is 16.5. The van der Waals surface area contributed by atoms with Crippen LogP contribution in [0.2, 0.25) is 0 Å². The molecule has 1 N–H and O–H groups in total. The van der Waals surface area contributed by atoms with Crippen LogP contribution in [0.5, 0.6) is 5.75 Å². The Labute approximate surface area is 146 Å². The molecule has 0 bridgehead atoms. The fourth-order valence-electron chi connectivity index (χ4n) is 2.89. The number of benzene rings is 1. The highest BCUT2D eigenvalue weighted by Crippen LogP contribution is 2.36. The van der Waals surface area contributed by atoms with Crippen LogP contribution in [0.4, 0.5) is 0 Å². The molecule has 2 heterocycles. The number of H-pyrrole nitrogens is 1. The van der Waals surface area contributed by atoms with Crippen LogP contribution < -0.4 is 4.74 Å². The Hall–Kier alpha value is -2.03. The van der Waals surface area contributed by atoms with Crippen molar-refractivity contribution in [1.82, 2.24) is 4.98 Å². The van der Waals surface area contributed by atoms with Crippen LogP contribution in [0.3, 0.4) is 0 Å². The lowest BCUT2D eigenvalue weighted by Gasteiger charge is -2.26. The lowest BCUT2D eigenvalue weighted by molar-refractivity contribution is -0.116. The van der Waals surface area contributed by atoms with Gasteiger partial charge in [0.2, 0.25) is 0 Å². The second-order valence-electron chi connectivity index (χ2n) is 5.51. The maximum atomic E-state index is 11.3. The lowest BCUT2D eigenvalue weighted by Crippen LogP contribution is -2.16. The molecular formula is C21H31NO2. The maximum Gasteiger partial charge on any atom is 0.134 e. The zero-order valence-corrected chi connectivity index (χ0v) is 15.7. The second kappa shape index (κ2) is 10.7. The number of rotatable bonds is 4. The minimum Gasteiger partial charge on any atom is -0.493 e. The molecule has 24 heavy (non-hydrogen) atoms. The Kier molecular flexibility index (Phi) is 8.92. The molecule has 0 spiro atoms. The van der Waals surface area contributed by atoms with Crippen molar-refractivity contribution >= 4 is 5.78 Å². The highest BCUT2D eigenvalue weighted by Gasteiger charge is 2.22. The Morgan fingerprint density at radius 3 is 2.54 bits per heavy atom. The average molecular weight is 329 g/mol. The van der Waals surface area contributed by atoms with Gasteiger partial charge in [-0.3, -0.25) is 4.79 Å². The second-order valence-corrected chi connectivity index (χ2v) is 5.51. The van der Waals surface area contributed by atoms with Crippen molar-refractivity contribution in [1.29, 1.82) is 0 Å². The molecule has 0 saturated carbocycles. The van der Waals surface area contributed by atoms with E-state index in [0.717, 1.165) is 30.8 Å². The fourth-order valence-corrected chi connectivity index (χ4v) is 2.89. The zero-order chi connectivity index (χ0) is 17.9. The first-order chi connectivity index (χ1) is 11.7. The average Bonchev–Trinajstić information content (AvgIpc) is 3.12. The lowest BCUT2D eigenvalue weighted by atomic mass is 9.87. The van der Waals surface area contributed by atoms with Gasteiger partial charge in [-0.25, -0.2) is 0 Å². The first kappa shape index (κ1) is 20.0. The molecule has 0 aliphatic carbocycles. The van der Waals surface area contributed by atoms with Crippen LogP contribution >= 0.6 is 0 Å². The maximum absolute atomic E-state index is 11.3. The number of hydrogen-bond acceptors (Lipinski definition) is 2. The summed E-state index contributed by atoms with van der Waals surface area (Å²) in [6, 6.07) is 8.28. The van der Waals surface area contributed by atoms with Gasteiger partial charge in [-0.1, -0.05) is 39.8 Å². The number of carbonyl (C=O) groups is 1. The van der Waals surface area contributed by atoms with Gasteiger partial charge in [0.15, 0.2) is 0 Å². The molecule has 0 fully saturated rings. The number of aromatic amines is 1. The minimum atomic E-state index is 0.198. The normalized spacial score (nSPS) is 15.0. The quantitative estimate of drug-likeness (QED) is 0.826. The SMILES string of the molecule is CC.CC.CC(=O)Cc1ccc2c(c1)C(Cc1cc[nH]c1)CCO2. The molecule has 1 aromatic heterocycles. The number of ketones is 1.